The predicted octanol–water partition coefficient (Wildman–Crippen LogP) is 3.01. The lowest BCUT2D eigenvalue weighted by Crippen LogP contribution is -2.27. The van der Waals surface area contributed by atoms with E-state index in [-0.39, 0.29) is 6.42 Å². The van der Waals surface area contributed by atoms with Crippen molar-refractivity contribution in [2.75, 3.05) is 0 Å². The smallest absolute Gasteiger partial charge is 0.273 e. The minimum Gasteiger partial charge on any atom is -0.357 e. The summed E-state index contributed by atoms with van der Waals surface area (Å²) in [6.07, 6.45) is -0.305. The fourth-order valence-electron chi connectivity index (χ4n) is 1.94. The van der Waals surface area contributed by atoms with Crippen LogP contribution in [0.15, 0.2) is 24.3 Å². The highest BCUT2D eigenvalue weighted by atomic mass is 35.5. The first-order chi connectivity index (χ1) is 7.42. The van der Waals surface area contributed by atoms with Gasteiger partial charge in [-0.25, -0.2) is 8.78 Å². The highest BCUT2D eigenvalue weighted by molar-refractivity contribution is 6.31. The number of rotatable bonds is 1. The van der Waals surface area contributed by atoms with Crippen molar-refractivity contribution >= 4 is 22.5 Å². The van der Waals surface area contributed by atoms with Crippen LogP contribution in [-0.2, 0) is 5.54 Å². The summed E-state index contributed by atoms with van der Waals surface area (Å²) in [4.78, 5) is 2.92. The fourth-order valence-corrected chi connectivity index (χ4v) is 2.12. The molecular formula is C11H9ClF2N2. The van der Waals surface area contributed by atoms with Crippen molar-refractivity contribution in [1.29, 1.82) is 0 Å². The van der Waals surface area contributed by atoms with Crippen LogP contribution < -0.4 is 5.73 Å². The zero-order valence-electron chi connectivity index (χ0n) is 8.23. The number of fused-ring (bicyclic) bond motifs is 1. The average Bonchev–Trinajstić information content (AvgIpc) is 2.60. The molecule has 1 unspecified atom stereocenters. The van der Waals surface area contributed by atoms with Crippen molar-refractivity contribution in [1.82, 2.24) is 4.98 Å². The number of benzene rings is 1. The normalized spacial score (nSPS) is 27.2. The molecule has 1 saturated carbocycles. The van der Waals surface area contributed by atoms with E-state index in [9.17, 15) is 8.78 Å². The third-order valence-electron chi connectivity index (χ3n) is 3.09. The summed E-state index contributed by atoms with van der Waals surface area (Å²) in [5.74, 6) is -2.81. The molecule has 1 aliphatic carbocycles. The van der Waals surface area contributed by atoms with Crippen LogP contribution in [0.4, 0.5) is 8.78 Å². The number of aromatic amines is 1. The third kappa shape index (κ3) is 1.20. The van der Waals surface area contributed by atoms with Gasteiger partial charge in [-0.1, -0.05) is 11.6 Å². The molecule has 1 fully saturated rings. The van der Waals surface area contributed by atoms with E-state index in [0.29, 0.717) is 10.7 Å². The molecule has 2 aromatic rings. The Kier molecular flexibility index (Phi) is 1.73. The Morgan fingerprint density at radius 2 is 2.00 bits per heavy atom. The number of hydrogen-bond donors (Lipinski definition) is 2. The molecule has 0 saturated heterocycles. The quantitative estimate of drug-likeness (QED) is 0.793. The van der Waals surface area contributed by atoms with Crippen LogP contribution in [0.2, 0.25) is 5.02 Å². The second-order valence-corrected chi connectivity index (χ2v) is 4.70. The van der Waals surface area contributed by atoms with Gasteiger partial charge in [-0.05, 0) is 24.3 Å². The van der Waals surface area contributed by atoms with Gasteiger partial charge in [0.25, 0.3) is 5.92 Å². The number of H-pyrrole nitrogens is 1. The molecule has 84 valence electrons. The molecule has 0 bridgehead atoms. The van der Waals surface area contributed by atoms with E-state index in [1.54, 1.807) is 24.3 Å². The van der Waals surface area contributed by atoms with Crippen LogP contribution in [-0.4, -0.2) is 10.9 Å². The predicted molar refractivity (Wildman–Crippen MR) is 58.7 cm³/mol. The van der Waals surface area contributed by atoms with Crippen molar-refractivity contribution in [2.45, 2.75) is 17.9 Å². The molecule has 1 heterocycles. The number of hydrogen-bond acceptors (Lipinski definition) is 1. The second kappa shape index (κ2) is 2.76. The molecule has 5 heteroatoms. The molecule has 0 amide bonds. The SMILES string of the molecule is NC1(c2cc3cc(Cl)ccc3[nH]2)CC1(F)F. The van der Waals surface area contributed by atoms with Gasteiger partial charge in [-0.3, -0.25) is 0 Å². The topological polar surface area (TPSA) is 41.8 Å². The monoisotopic (exact) mass is 242 g/mol. The van der Waals surface area contributed by atoms with Gasteiger partial charge in [-0.15, -0.1) is 0 Å². The van der Waals surface area contributed by atoms with Gasteiger partial charge in [0.1, 0.15) is 5.54 Å². The average molecular weight is 243 g/mol. The van der Waals surface area contributed by atoms with E-state index < -0.39 is 11.5 Å². The van der Waals surface area contributed by atoms with E-state index in [1.807, 2.05) is 0 Å². The molecule has 3 N–H and O–H groups in total. The lowest BCUT2D eigenvalue weighted by atomic mass is 10.2. The maximum Gasteiger partial charge on any atom is 0.273 e. The van der Waals surface area contributed by atoms with Crippen LogP contribution >= 0.6 is 11.6 Å². The van der Waals surface area contributed by atoms with Crippen molar-refractivity contribution < 1.29 is 8.78 Å². The minimum atomic E-state index is -2.81. The van der Waals surface area contributed by atoms with Gasteiger partial charge in [0.15, 0.2) is 0 Å². The zero-order valence-corrected chi connectivity index (χ0v) is 8.98. The summed E-state index contributed by atoms with van der Waals surface area (Å²) in [7, 11) is 0. The van der Waals surface area contributed by atoms with Crippen LogP contribution in [0.25, 0.3) is 10.9 Å². The van der Waals surface area contributed by atoms with Gasteiger partial charge in [0, 0.05) is 28.0 Å². The Morgan fingerprint density at radius 3 is 2.62 bits per heavy atom. The summed E-state index contributed by atoms with van der Waals surface area (Å²) >= 11 is 5.82. The fraction of sp³-hybridized carbons (Fsp3) is 0.273. The van der Waals surface area contributed by atoms with E-state index >= 15 is 0 Å². The minimum absolute atomic E-state index is 0.305. The van der Waals surface area contributed by atoms with Gasteiger partial charge < -0.3 is 10.7 Å². The molecule has 3 rings (SSSR count). The van der Waals surface area contributed by atoms with Crippen molar-refractivity contribution in [3.8, 4) is 0 Å². The van der Waals surface area contributed by atoms with Crippen LogP contribution in [0.3, 0.4) is 0 Å². The van der Waals surface area contributed by atoms with Gasteiger partial charge in [0.05, 0.1) is 0 Å². The van der Waals surface area contributed by atoms with E-state index in [4.69, 9.17) is 17.3 Å². The van der Waals surface area contributed by atoms with E-state index in [1.165, 1.54) is 0 Å². The third-order valence-corrected chi connectivity index (χ3v) is 3.33. The molecular weight excluding hydrogens is 234 g/mol. The lowest BCUT2D eigenvalue weighted by Gasteiger charge is -2.06. The number of halogens is 3. The van der Waals surface area contributed by atoms with Gasteiger partial charge in [0.2, 0.25) is 0 Å². The summed E-state index contributed by atoms with van der Waals surface area (Å²) in [5.41, 5.74) is 5.24. The summed E-state index contributed by atoms with van der Waals surface area (Å²) < 4.78 is 26.2. The first kappa shape index (κ1) is 10.1. The molecule has 0 spiro atoms. The van der Waals surface area contributed by atoms with Crippen molar-refractivity contribution in [3.63, 3.8) is 0 Å². The van der Waals surface area contributed by atoms with E-state index in [2.05, 4.69) is 4.98 Å². The number of nitrogens with one attached hydrogen (secondary N) is 1. The summed E-state index contributed by atoms with van der Waals surface area (Å²) in [6, 6.07) is 6.83. The maximum absolute atomic E-state index is 13.1. The Bertz CT molecular complexity index is 578. The Labute approximate surface area is 95.4 Å². The first-order valence-electron chi connectivity index (χ1n) is 4.88. The van der Waals surface area contributed by atoms with Crippen LogP contribution in [0, 0.1) is 0 Å². The van der Waals surface area contributed by atoms with Crippen molar-refractivity contribution in [2.24, 2.45) is 5.73 Å². The zero-order chi connectivity index (χ0) is 11.6. The van der Waals surface area contributed by atoms with Gasteiger partial charge >= 0.3 is 0 Å². The largest absolute Gasteiger partial charge is 0.357 e. The standard InChI is InChI=1S/C11H9ClF2N2/c12-7-1-2-8-6(3-7)4-9(16-8)10(15)5-11(10,13)14/h1-4,16H,5,15H2. The van der Waals surface area contributed by atoms with Crippen LogP contribution in [0.1, 0.15) is 12.1 Å². The number of alkyl halides is 2. The summed E-state index contributed by atoms with van der Waals surface area (Å²) in [6.45, 7) is 0. The lowest BCUT2D eigenvalue weighted by molar-refractivity contribution is 0.0883. The highest BCUT2D eigenvalue weighted by Gasteiger charge is 2.70. The molecule has 0 radical (unpaired) electrons. The Hall–Kier alpha value is -1.13. The molecule has 1 aromatic carbocycles. The molecule has 0 aliphatic heterocycles. The Balaban J connectivity index is 2.14. The molecule has 2 nitrogen and oxygen atoms in total. The van der Waals surface area contributed by atoms with E-state index in [0.717, 1.165) is 10.9 Å². The highest BCUT2D eigenvalue weighted by Crippen LogP contribution is 2.57. The first-order valence-corrected chi connectivity index (χ1v) is 5.26. The number of nitrogens with two attached hydrogens (primary N) is 1. The number of aromatic nitrogens is 1. The molecule has 1 aromatic heterocycles. The second-order valence-electron chi connectivity index (χ2n) is 4.27. The molecule has 16 heavy (non-hydrogen) atoms. The molecule has 1 atom stereocenters. The summed E-state index contributed by atoms with van der Waals surface area (Å²) in [5, 5.41) is 1.38. The van der Waals surface area contributed by atoms with Crippen LogP contribution in [0.5, 0.6) is 0 Å². The maximum atomic E-state index is 13.1. The van der Waals surface area contributed by atoms with Crippen molar-refractivity contribution in [3.05, 3.63) is 35.0 Å². The molecule has 1 aliphatic rings. The Morgan fingerprint density at radius 1 is 1.31 bits per heavy atom. The van der Waals surface area contributed by atoms with Gasteiger partial charge in [-0.2, -0.15) is 0 Å².